The van der Waals surface area contributed by atoms with Crippen LogP contribution in [0.15, 0.2) is 6.07 Å². The summed E-state index contributed by atoms with van der Waals surface area (Å²) in [6.07, 6.45) is -1.65. The molecule has 0 unspecified atom stereocenters. The van der Waals surface area contributed by atoms with Crippen molar-refractivity contribution in [3.8, 4) is 28.7 Å². The fourth-order valence-corrected chi connectivity index (χ4v) is 4.16. The van der Waals surface area contributed by atoms with Crippen LogP contribution >= 0.6 is 0 Å². The predicted molar refractivity (Wildman–Crippen MR) is 125 cm³/mol. The Morgan fingerprint density at radius 3 is 2.05 bits per heavy atom. The summed E-state index contributed by atoms with van der Waals surface area (Å²) in [6, 6.07) is 1.37. The third-order valence-corrected chi connectivity index (χ3v) is 5.62. The maximum atomic E-state index is 13.4. The van der Waals surface area contributed by atoms with E-state index in [4.69, 9.17) is 33.2 Å². The van der Waals surface area contributed by atoms with Crippen LogP contribution in [-0.4, -0.2) is 35.8 Å². The molecule has 2 aromatic rings. The van der Waals surface area contributed by atoms with Crippen molar-refractivity contribution in [3.05, 3.63) is 39.4 Å². The first-order chi connectivity index (χ1) is 18.3. The third-order valence-electron chi connectivity index (χ3n) is 5.62. The van der Waals surface area contributed by atoms with E-state index in [1.165, 1.54) is 19.9 Å². The number of hydrogen-bond acceptors (Lipinski definition) is 13. The lowest BCUT2D eigenvalue weighted by atomic mass is 10.0. The Morgan fingerprint density at radius 2 is 1.46 bits per heavy atom. The monoisotopic (exact) mass is 542 g/mol. The molecule has 0 spiro atoms. The fourth-order valence-electron chi connectivity index (χ4n) is 4.16. The first-order valence-corrected chi connectivity index (χ1v) is 11.4. The maximum Gasteiger partial charge on any atom is 0.347 e. The van der Waals surface area contributed by atoms with E-state index in [-0.39, 0.29) is 62.1 Å². The van der Waals surface area contributed by atoms with Crippen LogP contribution in [0.25, 0.3) is 0 Å². The number of cyclic esters (lactones) is 1. The summed E-state index contributed by atoms with van der Waals surface area (Å²) < 4.78 is 37.9. The van der Waals surface area contributed by atoms with Crippen LogP contribution in [0.4, 0.5) is 0 Å². The van der Waals surface area contributed by atoms with Crippen LogP contribution in [0.5, 0.6) is 28.7 Å². The van der Waals surface area contributed by atoms with Crippen LogP contribution in [0.3, 0.4) is 0 Å². The molecule has 0 fully saturated rings. The normalized spacial score (nSPS) is 14.9. The number of carbonyl (C=O) groups excluding carboxylic acids is 6. The van der Waals surface area contributed by atoms with Gasteiger partial charge in [0.15, 0.2) is 23.0 Å². The lowest BCUT2D eigenvalue weighted by Crippen LogP contribution is -2.14. The second kappa shape index (κ2) is 10.1. The van der Waals surface area contributed by atoms with Gasteiger partial charge in [0.25, 0.3) is 6.29 Å². The molecule has 2 aliphatic rings. The lowest BCUT2D eigenvalue weighted by Gasteiger charge is -2.20. The van der Waals surface area contributed by atoms with Crippen molar-refractivity contribution in [3.63, 3.8) is 0 Å². The van der Waals surface area contributed by atoms with Crippen molar-refractivity contribution in [2.45, 2.75) is 54.4 Å². The predicted octanol–water partition coefficient (Wildman–Crippen LogP) is 3.27. The molecule has 204 valence electrons. The van der Waals surface area contributed by atoms with Crippen molar-refractivity contribution >= 4 is 35.8 Å². The van der Waals surface area contributed by atoms with Crippen molar-refractivity contribution < 1.29 is 61.9 Å². The minimum absolute atomic E-state index is 0.00413. The number of carbonyl (C=O) groups is 6. The van der Waals surface area contributed by atoms with E-state index < -0.39 is 48.7 Å². The van der Waals surface area contributed by atoms with Gasteiger partial charge < -0.3 is 33.2 Å². The second-order valence-electron chi connectivity index (χ2n) is 8.58. The molecule has 39 heavy (non-hydrogen) atoms. The van der Waals surface area contributed by atoms with E-state index in [0.29, 0.717) is 0 Å². The molecule has 0 saturated heterocycles. The van der Waals surface area contributed by atoms with Crippen LogP contribution < -0.4 is 18.9 Å². The van der Waals surface area contributed by atoms with Crippen LogP contribution in [0.1, 0.15) is 77.0 Å². The molecule has 0 N–H and O–H groups in total. The standard InChI is InChI=1S/C26H22O13/c1-9-7-16(34-12(4)28)15(8-33-11(3)27)22-17(9)24(31)38-21-10(2)20(35-13(5)29)18-19(23(21)37-22)26(36-14(6)30)39-25(18)32/h7,26H,8H2,1-6H3/t26-/m0/s1. The highest BCUT2D eigenvalue weighted by molar-refractivity contribution is 6.03. The second-order valence-corrected chi connectivity index (χ2v) is 8.58. The van der Waals surface area contributed by atoms with E-state index >= 15 is 0 Å². The lowest BCUT2D eigenvalue weighted by molar-refractivity contribution is -0.165. The average molecular weight is 542 g/mol. The molecule has 13 nitrogen and oxygen atoms in total. The zero-order valence-corrected chi connectivity index (χ0v) is 21.7. The Morgan fingerprint density at radius 1 is 0.795 bits per heavy atom. The Hall–Kier alpha value is -4.94. The molecular weight excluding hydrogens is 520 g/mol. The summed E-state index contributed by atoms with van der Waals surface area (Å²) in [5, 5.41) is 0. The van der Waals surface area contributed by atoms with E-state index in [1.54, 1.807) is 0 Å². The van der Waals surface area contributed by atoms with Gasteiger partial charge in [0.05, 0.1) is 11.1 Å². The molecule has 0 saturated carbocycles. The Kier molecular flexibility index (Phi) is 7.01. The van der Waals surface area contributed by atoms with E-state index in [1.807, 2.05) is 0 Å². The number of ether oxygens (including phenoxy) is 7. The highest BCUT2D eigenvalue weighted by Crippen LogP contribution is 2.55. The fraction of sp³-hybridized carbons (Fsp3) is 0.308. The zero-order chi connectivity index (χ0) is 28.8. The Bertz CT molecular complexity index is 1480. The Labute approximate surface area is 220 Å². The van der Waals surface area contributed by atoms with Gasteiger partial charge in [-0.1, -0.05) is 0 Å². The van der Waals surface area contributed by atoms with E-state index in [2.05, 4.69) is 0 Å². The van der Waals surface area contributed by atoms with Gasteiger partial charge in [0.2, 0.25) is 0 Å². The van der Waals surface area contributed by atoms with E-state index in [9.17, 15) is 28.8 Å². The van der Waals surface area contributed by atoms with Gasteiger partial charge in [-0.25, -0.2) is 9.59 Å². The number of fused-ring (bicyclic) bond motifs is 4. The Balaban J connectivity index is 2.06. The smallest absolute Gasteiger partial charge is 0.347 e. The minimum atomic E-state index is -1.65. The molecule has 1 atom stereocenters. The van der Waals surface area contributed by atoms with Gasteiger partial charge in [-0.3, -0.25) is 19.2 Å². The number of rotatable bonds is 5. The summed E-state index contributed by atoms with van der Waals surface area (Å²) in [5.41, 5.74) is -0.302. The number of aryl methyl sites for hydroxylation is 1. The van der Waals surface area contributed by atoms with Crippen molar-refractivity contribution in [2.24, 2.45) is 0 Å². The number of benzene rings is 2. The van der Waals surface area contributed by atoms with Gasteiger partial charge in [0.1, 0.15) is 23.5 Å². The SMILES string of the molecule is CC(=O)OCc1c(OC(C)=O)cc(C)c2c1Oc1c(c(C)c(OC(C)=O)c3c1[C@@H](OC(C)=O)OC3=O)OC2=O. The summed E-state index contributed by atoms with van der Waals surface area (Å²) in [5.74, 6) is -6.00. The molecule has 0 aliphatic carbocycles. The van der Waals surface area contributed by atoms with E-state index in [0.717, 1.165) is 27.7 Å². The molecule has 2 aromatic carbocycles. The van der Waals surface area contributed by atoms with Gasteiger partial charge in [-0.2, -0.15) is 0 Å². The molecule has 13 heteroatoms. The average Bonchev–Trinajstić information content (AvgIpc) is 3.02. The highest BCUT2D eigenvalue weighted by atomic mass is 16.7. The van der Waals surface area contributed by atoms with Gasteiger partial charge in [0, 0.05) is 33.3 Å². The maximum absolute atomic E-state index is 13.4. The molecule has 2 heterocycles. The summed E-state index contributed by atoms with van der Waals surface area (Å²) >= 11 is 0. The first kappa shape index (κ1) is 27.1. The van der Waals surface area contributed by atoms with Crippen LogP contribution in [0, 0.1) is 13.8 Å². The molecule has 2 aliphatic heterocycles. The van der Waals surface area contributed by atoms with Crippen molar-refractivity contribution in [1.82, 2.24) is 0 Å². The summed E-state index contributed by atoms with van der Waals surface area (Å²) in [6.45, 7) is 6.95. The number of esters is 6. The first-order valence-electron chi connectivity index (χ1n) is 11.4. The van der Waals surface area contributed by atoms with Gasteiger partial charge in [-0.15, -0.1) is 0 Å². The zero-order valence-electron chi connectivity index (χ0n) is 21.7. The topological polar surface area (TPSA) is 167 Å². The van der Waals surface area contributed by atoms with Crippen LogP contribution in [-0.2, 0) is 40.0 Å². The summed E-state index contributed by atoms with van der Waals surface area (Å²) in [4.78, 5) is 73.4. The summed E-state index contributed by atoms with van der Waals surface area (Å²) in [7, 11) is 0. The molecule has 0 bridgehead atoms. The quantitative estimate of drug-likeness (QED) is 0.399. The third kappa shape index (κ3) is 4.98. The highest BCUT2D eigenvalue weighted by Gasteiger charge is 2.45. The van der Waals surface area contributed by atoms with Gasteiger partial charge >= 0.3 is 35.8 Å². The van der Waals surface area contributed by atoms with Gasteiger partial charge in [-0.05, 0) is 25.5 Å². The largest absolute Gasteiger partial charge is 0.461 e. The molecule has 0 aromatic heterocycles. The molecule has 0 radical (unpaired) electrons. The molecule has 4 rings (SSSR count). The van der Waals surface area contributed by atoms with Crippen molar-refractivity contribution in [1.29, 1.82) is 0 Å². The van der Waals surface area contributed by atoms with Crippen LogP contribution in [0.2, 0.25) is 0 Å². The molecule has 0 amide bonds. The minimum Gasteiger partial charge on any atom is -0.461 e. The van der Waals surface area contributed by atoms with Crippen molar-refractivity contribution in [2.75, 3.05) is 0 Å². The molecular formula is C26H22O13. The number of hydrogen-bond donors (Lipinski definition) is 0.